The normalized spacial score (nSPS) is 11.2. The number of anilines is 1. The number of hydrogen-bond acceptors (Lipinski definition) is 4. The molecule has 0 saturated heterocycles. The lowest BCUT2D eigenvalue weighted by molar-refractivity contribution is -0.143. The zero-order valence-electron chi connectivity index (χ0n) is 10.7. The van der Waals surface area contributed by atoms with Gasteiger partial charge in [-0.15, -0.1) is 5.10 Å². The van der Waals surface area contributed by atoms with Gasteiger partial charge in [-0.2, -0.15) is 18.4 Å². The van der Waals surface area contributed by atoms with Gasteiger partial charge in [0.15, 0.2) is 11.4 Å². The van der Waals surface area contributed by atoms with Gasteiger partial charge in [0.25, 0.3) is 0 Å². The van der Waals surface area contributed by atoms with Gasteiger partial charge in [-0.1, -0.05) is 5.21 Å². The number of halogens is 3. The van der Waals surface area contributed by atoms with Crippen molar-refractivity contribution in [3.63, 3.8) is 0 Å². The maximum atomic E-state index is 13.0. The third kappa shape index (κ3) is 2.42. The van der Waals surface area contributed by atoms with Gasteiger partial charge in [-0.3, -0.25) is 0 Å². The van der Waals surface area contributed by atoms with E-state index in [2.05, 4.69) is 10.3 Å². The van der Waals surface area contributed by atoms with Crippen LogP contribution in [0.1, 0.15) is 11.4 Å². The highest BCUT2D eigenvalue weighted by Gasteiger charge is 2.40. The van der Waals surface area contributed by atoms with E-state index in [0.29, 0.717) is 4.68 Å². The minimum absolute atomic E-state index is 0.192. The number of nitriles is 1. The Balaban J connectivity index is 2.54. The van der Waals surface area contributed by atoms with E-state index in [4.69, 9.17) is 5.26 Å². The molecule has 0 radical (unpaired) electrons. The Morgan fingerprint density at radius 1 is 1.20 bits per heavy atom. The smallest absolute Gasteiger partial charge is 0.378 e. The van der Waals surface area contributed by atoms with Crippen molar-refractivity contribution in [1.29, 1.82) is 5.26 Å². The summed E-state index contributed by atoms with van der Waals surface area (Å²) in [5, 5.41) is 15.4. The van der Waals surface area contributed by atoms with Gasteiger partial charge in [0.05, 0.1) is 5.69 Å². The molecule has 2 rings (SSSR count). The summed E-state index contributed by atoms with van der Waals surface area (Å²) in [5.41, 5.74) is -0.883. The van der Waals surface area contributed by atoms with Crippen LogP contribution in [0.15, 0.2) is 24.3 Å². The third-order valence-electron chi connectivity index (χ3n) is 2.66. The summed E-state index contributed by atoms with van der Waals surface area (Å²) in [4.78, 5) is 1.82. The summed E-state index contributed by atoms with van der Waals surface area (Å²) in [6, 6.07) is 7.68. The van der Waals surface area contributed by atoms with E-state index in [1.807, 2.05) is 19.0 Å². The van der Waals surface area contributed by atoms with Crippen molar-refractivity contribution in [2.75, 3.05) is 19.0 Å². The van der Waals surface area contributed by atoms with E-state index in [1.165, 1.54) is 18.2 Å². The van der Waals surface area contributed by atoms with Gasteiger partial charge in [0.1, 0.15) is 6.07 Å². The van der Waals surface area contributed by atoms with E-state index in [-0.39, 0.29) is 5.69 Å². The Bertz CT molecular complexity index is 649. The maximum Gasteiger partial charge on any atom is 0.436 e. The quantitative estimate of drug-likeness (QED) is 0.847. The predicted octanol–water partition coefficient (Wildman–Crippen LogP) is 2.22. The molecule has 0 bridgehead atoms. The first-order chi connectivity index (χ1) is 9.34. The van der Waals surface area contributed by atoms with Crippen LogP contribution in [0.2, 0.25) is 0 Å². The van der Waals surface area contributed by atoms with Crippen molar-refractivity contribution in [2.24, 2.45) is 0 Å². The number of hydrogen-bond donors (Lipinski definition) is 0. The van der Waals surface area contributed by atoms with Gasteiger partial charge in [0.2, 0.25) is 0 Å². The van der Waals surface area contributed by atoms with Crippen molar-refractivity contribution < 1.29 is 13.2 Å². The molecule has 8 heteroatoms. The summed E-state index contributed by atoms with van der Waals surface area (Å²) in [5.74, 6) is 0. The number of benzene rings is 1. The van der Waals surface area contributed by atoms with Crippen molar-refractivity contribution in [3.05, 3.63) is 35.7 Å². The lowest BCUT2D eigenvalue weighted by atomic mass is 10.2. The topological polar surface area (TPSA) is 57.7 Å². The molecule has 5 nitrogen and oxygen atoms in total. The van der Waals surface area contributed by atoms with Crippen molar-refractivity contribution in [2.45, 2.75) is 6.18 Å². The fraction of sp³-hybridized carbons (Fsp3) is 0.250. The molecule has 0 fully saturated rings. The second kappa shape index (κ2) is 4.85. The second-order valence-electron chi connectivity index (χ2n) is 4.22. The number of alkyl halides is 3. The zero-order chi connectivity index (χ0) is 14.9. The van der Waals surface area contributed by atoms with E-state index < -0.39 is 17.6 Å². The molecule has 0 unspecified atom stereocenters. The van der Waals surface area contributed by atoms with Crippen LogP contribution < -0.4 is 4.90 Å². The van der Waals surface area contributed by atoms with Gasteiger partial charge in [-0.05, 0) is 24.3 Å². The van der Waals surface area contributed by atoms with Crippen LogP contribution in [0.3, 0.4) is 0 Å². The minimum Gasteiger partial charge on any atom is -0.378 e. The molecule has 1 aromatic heterocycles. The highest BCUT2D eigenvalue weighted by Crippen LogP contribution is 2.32. The van der Waals surface area contributed by atoms with Crippen LogP contribution in [-0.2, 0) is 6.18 Å². The predicted molar refractivity (Wildman–Crippen MR) is 65.4 cm³/mol. The van der Waals surface area contributed by atoms with E-state index in [9.17, 15) is 13.2 Å². The number of nitrogens with zero attached hydrogens (tertiary/aromatic N) is 5. The molecule has 0 aliphatic rings. The minimum atomic E-state index is -4.70. The van der Waals surface area contributed by atoms with Gasteiger partial charge in [-0.25, -0.2) is 4.68 Å². The Morgan fingerprint density at radius 2 is 1.80 bits per heavy atom. The highest BCUT2D eigenvalue weighted by atomic mass is 19.4. The molecular formula is C12H10F3N5. The first-order valence-electron chi connectivity index (χ1n) is 5.55. The molecule has 0 atom stereocenters. The molecule has 1 heterocycles. The van der Waals surface area contributed by atoms with Crippen LogP contribution in [0, 0.1) is 11.3 Å². The Morgan fingerprint density at radius 3 is 2.25 bits per heavy atom. The second-order valence-corrected chi connectivity index (χ2v) is 4.22. The van der Waals surface area contributed by atoms with Crippen LogP contribution in [0.25, 0.3) is 5.69 Å². The molecular weight excluding hydrogens is 271 g/mol. The average Bonchev–Trinajstić information content (AvgIpc) is 2.82. The highest BCUT2D eigenvalue weighted by molar-refractivity contribution is 5.50. The Labute approximate surface area is 112 Å². The molecule has 0 saturated carbocycles. The first-order valence-corrected chi connectivity index (χ1v) is 5.55. The first kappa shape index (κ1) is 13.9. The molecule has 20 heavy (non-hydrogen) atoms. The summed E-state index contributed by atoms with van der Waals surface area (Å²) in [6.07, 6.45) is -4.70. The van der Waals surface area contributed by atoms with Crippen molar-refractivity contribution >= 4 is 5.69 Å². The SMILES string of the molecule is CN(C)c1ccc(-n2nnc(C#N)c2C(F)(F)F)cc1. The lowest BCUT2D eigenvalue weighted by Crippen LogP contribution is -2.15. The maximum absolute atomic E-state index is 13.0. The number of aromatic nitrogens is 3. The van der Waals surface area contributed by atoms with E-state index in [0.717, 1.165) is 5.69 Å². The van der Waals surface area contributed by atoms with Crippen LogP contribution in [0.5, 0.6) is 0 Å². The molecule has 0 spiro atoms. The monoisotopic (exact) mass is 281 g/mol. The lowest BCUT2D eigenvalue weighted by Gasteiger charge is -2.13. The molecule has 2 aromatic rings. The molecule has 0 amide bonds. The Hall–Kier alpha value is -2.56. The third-order valence-corrected chi connectivity index (χ3v) is 2.66. The van der Waals surface area contributed by atoms with Gasteiger partial charge in [0, 0.05) is 19.8 Å². The summed E-state index contributed by atoms with van der Waals surface area (Å²) < 4.78 is 39.5. The van der Waals surface area contributed by atoms with Crippen molar-refractivity contribution in [3.8, 4) is 11.8 Å². The molecule has 0 N–H and O–H groups in total. The number of rotatable bonds is 2. The summed E-state index contributed by atoms with van der Waals surface area (Å²) in [6.45, 7) is 0. The van der Waals surface area contributed by atoms with Gasteiger partial charge < -0.3 is 4.90 Å². The Kier molecular flexibility index (Phi) is 3.36. The fourth-order valence-corrected chi connectivity index (χ4v) is 1.68. The standard InChI is InChI=1S/C12H10F3N5/c1-19(2)8-3-5-9(6-4-8)20-11(12(13,14)15)10(7-16)17-18-20/h3-6H,1-2H3. The molecule has 0 aliphatic carbocycles. The van der Waals surface area contributed by atoms with Gasteiger partial charge >= 0.3 is 6.18 Å². The van der Waals surface area contributed by atoms with Crippen LogP contribution in [-0.4, -0.2) is 29.1 Å². The fourth-order valence-electron chi connectivity index (χ4n) is 1.68. The summed E-state index contributed by atoms with van der Waals surface area (Å²) >= 11 is 0. The average molecular weight is 281 g/mol. The molecule has 0 aliphatic heterocycles. The zero-order valence-corrected chi connectivity index (χ0v) is 10.7. The largest absolute Gasteiger partial charge is 0.436 e. The van der Waals surface area contributed by atoms with Crippen molar-refractivity contribution in [1.82, 2.24) is 15.0 Å². The van der Waals surface area contributed by atoms with E-state index >= 15 is 0 Å². The molecule has 104 valence electrons. The van der Waals surface area contributed by atoms with Crippen LogP contribution in [0.4, 0.5) is 18.9 Å². The van der Waals surface area contributed by atoms with Crippen LogP contribution >= 0.6 is 0 Å². The molecule has 1 aromatic carbocycles. The van der Waals surface area contributed by atoms with E-state index in [1.54, 1.807) is 12.1 Å². The summed E-state index contributed by atoms with van der Waals surface area (Å²) in [7, 11) is 3.64.